The van der Waals surface area contributed by atoms with Crippen molar-refractivity contribution in [3.63, 3.8) is 0 Å². The molecule has 0 bridgehead atoms. The van der Waals surface area contributed by atoms with Crippen LogP contribution in [0.2, 0.25) is 0 Å². The van der Waals surface area contributed by atoms with Crippen molar-refractivity contribution in [1.29, 1.82) is 0 Å². The summed E-state index contributed by atoms with van der Waals surface area (Å²) >= 11 is 3.48. The summed E-state index contributed by atoms with van der Waals surface area (Å²) in [6.45, 7) is 7.96. The minimum atomic E-state index is 0.209. The van der Waals surface area contributed by atoms with E-state index in [1.165, 1.54) is 0 Å². The number of fused-ring (bicyclic) bond motifs is 1. The second kappa shape index (κ2) is 7.25. The van der Waals surface area contributed by atoms with E-state index in [1.807, 2.05) is 12.1 Å². The molecule has 1 atom stereocenters. The summed E-state index contributed by atoms with van der Waals surface area (Å²) in [5.41, 5.74) is 0.931. The number of furan rings is 1. The Morgan fingerprint density at radius 2 is 2.05 bits per heavy atom. The van der Waals surface area contributed by atoms with Crippen LogP contribution in [0.4, 0.5) is 0 Å². The van der Waals surface area contributed by atoms with E-state index in [9.17, 15) is 0 Å². The van der Waals surface area contributed by atoms with E-state index in [0.717, 1.165) is 40.8 Å². The Balaban J connectivity index is 1.86. The molecule has 2 rings (SSSR count). The van der Waals surface area contributed by atoms with Gasteiger partial charge in [0.15, 0.2) is 0 Å². The summed E-state index contributed by atoms with van der Waals surface area (Å²) in [6.07, 6.45) is 1.31. The zero-order valence-corrected chi connectivity index (χ0v) is 13.9. The maximum atomic E-state index is 5.87. The molecule has 20 heavy (non-hydrogen) atoms. The minimum Gasteiger partial charge on any atom is -0.459 e. The first-order chi connectivity index (χ1) is 9.56. The molecule has 0 aliphatic rings. The van der Waals surface area contributed by atoms with Crippen LogP contribution in [0.15, 0.2) is 33.2 Å². The standard InChI is InChI=1S/C16H22BrNO2/c1-11(2)19-8-4-7-18-12(3)16-10-13-9-14(17)5-6-15(13)20-16/h5-6,9-12,18H,4,7-8H2,1-3H3. The molecule has 0 saturated heterocycles. The Morgan fingerprint density at radius 3 is 2.80 bits per heavy atom. The van der Waals surface area contributed by atoms with Crippen LogP contribution in [0.1, 0.15) is 39.0 Å². The van der Waals surface area contributed by atoms with Crippen LogP contribution in [-0.4, -0.2) is 19.3 Å². The molecule has 0 spiro atoms. The van der Waals surface area contributed by atoms with E-state index in [-0.39, 0.29) is 6.04 Å². The SMILES string of the molecule is CC(C)OCCCNC(C)c1cc2cc(Br)ccc2o1. The molecule has 2 aromatic rings. The van der Waals surface area contributed by atoms with Gasteiger partial charge < -0.3 is 14.5 Å². The molecule has 4 heteroatoms. The summed E-state index contributed by atoms with van der Waals surface area (Å²) in [4.78, 5) is 0. The van der Waals surface area contributed by atoms with Crippen LogP contribution in [0.25, 0.3) is 11.0 Å². The zero-order valence-electron chi connectivity index (χ0n) is 12.3. The summed E-state index contributed by atoms with van der Waals surface area (Å²) < 4.78 is 12.5. The van der Waals surface area contributed by atoms with Crippen molar-refractivity contribution in [1.82, 2.24) is 5.32 Å². The van der Waals surface area contributed by atoms with Crippen molar-refractivity contribution in [3.05, 3.63) is 34.5 Å². The third kappa shape index (κ3) is 4.33. The maximum absolute atomic E-state index is 5.87. The number of hydrogen-bond donors (Lipinski definition) is 1. The molecule has 1 unspecified atom stereocenters. The average molecular weight is 340 g/mol. The molecule has 1 heterocycles. The lowest BCUT2D eigenvalue weighted by Gasteiger charge is -2.12. The summed E-state index contributed by atoms with van der Waals surface area (Å²) in [7, 11) is 0. The fourth-order valence-corrected chi connectivity index (χ4v) is 2.44. The maximum Gasteiger partial charge on any atom is 0.134 e. The molecule has 0 aliphatic carbocycles. The highest BCUT2D eigenvalue weighted by Crippen LogP contribution is 2.26. The lowest BCUT2D eigenvalue weighted by atomic mass is 10.2. The van der Waals surface area contributed by atoms with E-state index in [1.54, 1.807) is 0 Å². The van der Waals surface area contributed by atoms with Gasteiger partial charge in [-0.25, -0.2) is 0 Å². The second-order valence-corrected chi connectivity index (χ2v) is 6.20. The number of benzene rings is 1. The van der Waals surface area contributed by atoms with Crippen molar-refractivity contribution < 1.29 is 9.15 Å². The van der Waals surface area contributed by atoms with Gasteiger partial charge >= 0.3 is 0 Å². The highest BCUT2D eigenvalue weighted by molar-refractivity contribution is 9.10. The lowest BCUT2D eigenvalue weighted by Crippen LogP contribution is -2.21. The number of ether oxygens (including phenoxy) is 1. The smallest absolute Gasteiger partial charge is 0.134 e. The van der Waals surface area contributed by atoms with Gasteiger partial charge in [0.2, 0.25) is 0 Å². The molecular formula is C16H22BrNO2. The van der Waals surface area contributed by atoms with Crippen LogP contribution in [0.5, 0.6) is 0 Å². The van der Waals surface area contributed by atoms with Gasteiger partial charge in [-0.1, -0.05) is 15.9 Å². The first-order valence-electron chi connectivity index (χ1n) is 7.10. The van der Waals surface area contributed by atoms with Gasteiger partial charge in [-0.2, -0.15) is 0 Å². The summed E-state index contributed by atoms with van der Waals surface area (Å²) in [6, 6.07) is 8.37. The molecule has 0 saturated carbocycles. The number of nitrogens with one attached hydrogen (secondary N) is 1. The minimum absolute atomic E-state index is 0.209. The zero-order chi connectivity index (χ0) is 14.5. The molecule has 0 aliphatic heterocycles. The van der Waals surface area contributed by atoms with Crippen LogP contribution in [0, 0.1) is 0 Å². The van der Waals surface area contributed by atoms with Crippen molar-refractivity contribution in [2.75, 3.05) is 13.2 Å². The van der Waals surface area contributed by atoms with Gasteiger partial charge in [-0.15, -0.1) is 0 Å². The molecule has 110 valence electrons. The average Bonchev–Trinajstić information content (AvgIpc) is 2.80. The van der Waals surface area contributed by atoms with E-state index in [0.29, 0.717) is 6.10 Å². The second-order valence-electron chi connectivity index (χ2n) is 5.28. The summed E-state index contributed by atoms with van der Waals surface area (Å²) in [5, 5.41) is 4.59. The Kier molecular flexibility index (Phi) is 5.64. The van der Waals surface area contributed by atoms with E-state index in [4.69, 9.17) is 9.15 Å². The Morgan fingerprint density at radius 1 is 1.25 bits per heavy atom. The highest BCUT2D eigenvalue weighted by Gasteiger charge is 2.11. The topological polar surface area (TPSA) is 34.4 Å². The fraction of sp³-hybridized carbons (Fsp3) is 0.500. The number of halogens is 1. The first kappa shape index (κ1) is 15.5. The monoisotopic (exact) mass is 339 g/mol. The predicted molar refractivity (Wildman–Crippen MR) is 86.0 cm³/mol. The van der Waals surface area contributed by atoms with Crippen LogP contribution < -0.4 is 5.32 Å². The van der Waals surface area contributed by atoms with E-state index < -0.39 is 0 Å². The first-order valence-corrected chi connectivity index (χ1v) is 7.89. The normalized spacial score (nSPS) is 13.2. The number of rotatable bonds is 7. The van der Waals surface area contributed by atoms with Gasteiger partial charge in [0.1, 0.15) is 11.3 Å². The van der Waals surface area contributed by atoms with Gasteiger partial charge in [0, 0.05) is 16.5 Å². The van der Waals surface area contributed by atoms with Gasteiger partial charge in [-0.3, -0.25) is 0 Å². The van der Waals surface area contributed by atoms with Crippen LogP contribution >= 0.6 is 15.9 Å². The molecule has 1 aromatic carbocycles. The van der Waals surface area contributed by atoms with Crippen LogP contribution in [0.3, 0.4) is 0 Å². The number of hydrogen-bond acceptors (Lipinski definition) is 3. The van der Waals surface area contributed by atoms with E-state index in [2.05, 4.69) is 54.2 Å². The van der Waals surface area contributed by atoms with E-state index >= 15 is 0 Å². The van der Waals surface area contributed by atoms with Crippen molar-refractivity contribution in [2.24, 2.45) is 0 Å². The molecular weight excluding hydrogens is 318 g/mol. The van der Waals surface area contributed by atoms with Gasteiger partial charge in [0.05, 0.1) is 12.1 Å². The molecule has 0 fully saturated rings. The third-order valence-corrected chi connectivity index (χ3v) is 3.64. The van der Waals surface area contributed by atoms with Crippen LogP contribution in [-0.2, 0) is 4.74 Å². The third-order valence-electron chi connectivity index (χ3n) is 3.15. The Bertz CT molecular complexity index is 550. The molecule has 3 nitrogen and oxygen atoms in total. The van der Waals surface area contributed by atoms with Gasteiger partial charge in [0.25, 0.3) is 0 Å². The Labute approximate surface area is 128 Å². The molecule has 1 N–H and O–H groups in total. The van der Waals surface area contributed by atoms with Crippen molar-refractivity contribution in [3.8, 4) is 0 Å². The van der Waals surface area contributed by atoms with Crippen molar-refractivity contribution in [2.45, 2.75) is 39.3 Å². The molecule has 0 radical (unpaired) electrons. The highest BCUT2D eigenvalue weighted by atomic mass is 79.9. The fourth-order valence-electron chi connectivity index (χ4n) is 2.06. The quantitative estimate of drug-likeness (QED) is 0.745. The molecule has 1 aromatic heterocycles. The lowest BCUT2D eigenvalue weighted by molar-refractivity contribution is 0.0767. The summed E-state index contributed by atoms with van der Waals surface area (Å²) in [5.74, 6) is 0.975. The largest absolute Gasteiger partial charge is 0.459 e. The Hall–Kier alpha value is -0.840. The predicted octanol–water partition coefficient (Wildman–Crippen LogP) is 4.66. The van der Waals surface area contributed by atoms with Gasteiger partial charge in [-0.05, 0) is 58.0 Å². The van der Waals surface area contributed by atoms with Crippen molar-refractivity contribution >= 4 is 26.9 Å². The molecule has 0 amide bonds.